The molecular weight excluding hydrogens is 306 g/mol. The number of benzene rings is 1. The lowest BCUT2D eigenvalue weighted by Crippen LogP contribution is -2.53. The molecule has 0 radical (unpaired) electrons. The Morgan fingerprint density at radius 1 is 1.33 bits per heavy atom. The molecule has 2 unspecified atom stereocenters. The molecule has 0 bridgehead atoms. The summed E-state index contributed by atoms with van der Waals surface area (Å²) in [4.78, 5) is 3.06. The van der Waals surface area contributed by atoms with Gasteiger partial charge in [-0.2, -0.15) is 0 Å². The van der Waals surface area contributed by atoms with E-state index in [1.807, 2.05) is 18.9 Å². The number of thiocarbonyl (C=S) groups is 1. The van der Waals surface area contributed by atoms with Gasteiger partial charge in [-0.15, -0.1) is 4.83 Å². The Kier molecular flexibility index (Phi) is 4.98. The summed E-state index contributed by atoms with van der Waals surface area (Å²) in [6.45, 7) is 4.06. The van der Waals surface area contributed by atoms with Crippen LogP contribution in [0.2, 0.25) is 0 Å². The third-order valence-electron chi connectivity index (χ3n) is 3.85. The largest absolute Gasteiger partial charge is 0.389 e. The Labute approximate surface area is 131 Å². The van der Waals surface area contributed by atoms with E-state index < -0.39 is 10.0 Å². The van der Waals surface area contributed by atoms with Crippen molar-refractivity contribution in [2.75, 3.05) is 0 Å². The molecule has 21 heavy (non-hydrogen) atoms. The van der Waals surface area contributed by atoms with Crippen molar-refractivity contribution in [1.29, 1.82) is 0 Å². The number of hydrogen-bond acceptors (Lipinski definition) is 4. The molecule has 1 fully saturated rings. The van der Waals surface area contributed by atoms with Crippen LogP contribution in [0.5, 0.6) is 0 Å². The fourth-order valence-electron chi connectivity index (χ4n) is 2.61. The zero-order valence-electron chi connectivity index (χ0n) is 12.2. The van der Waals surface area contributed by atoms with Gasteiger partial charge in [0.1, 0.15) is 4.99 Å². The average Bonchev–Trinajstić information content (AvgIpc) is 2.43. The second-order valence-corrected chi connectivity index (χ2v) is 7.62. The summed E-state index contributed by atoms with van der Waals surface area (Å²) in [7, 11) is -3.62. The minimum atomic E-state index is -3.62. The molecule has 5 nitrogen and oxygen atoms in total. The standard InChI is InChI=1S/C14H21N3O2S2/c1-10-5-3-6-11(2)17(10)16-21(18,19)13-8-4-7-12(9-13)14(15)20/h4,7-11,16H,3,5-6H2,1-2H3,(H2,15,20). The van der Waals surface area contributed by atoms with Crippen molar-refractivity contribution in [3.8, 4) is 0 Å². The Morgan fingerprint density at radius 2 is 1.95 bits per heavy atom. The number of piperidine rings is 1. The highest BCUT2D eigenvalue weighted by atomic mass is 32.2. The summed E-state index contributed by atoms with van der Waals surface area (Å²) >= 11 is 4.90. The number of hydrazine groups is 1. The van der Waals surface area contributed by atoms with E-state index in [2.05, 4.69) is 4.83 Å². The van der Waals surface area contributed by atoms with Crippen LogP contribution in [0, 0.1) is 0 Å². The fraction of sp³-hybridized carbons (Fsp3) is 0.500. The first-order valence-corrected chi connectivity index (χ1v) is 8.91. The van der Waals surface area contributed by atoms with Crippen molar-refractivity contribution in [1.82, 2.24) is 9.84 Å². The Morgan fingerprint density at radius 3 is 2.52 bits per heavy atom. The summed E-state index contributed by atoms with van der Waals surface area (Å²) in [5, 5.41) is 1.83. The predicted molar refractivity (Wildman–Crippen MR) is 87.3 cm³/mol. The minimum absolute atomic E-state index is 0.178. The van der Waals surface area contributed by atoms with E-state index >= 15 is 0 Å². The molecule has 2 rings (SSSR count). The summed E-state index contributed by atoms with van der Waals surface area (Å²) in [5.74, 6) is 0. The molecule has 116 valence electrons. The van der Waals surface area contributed by atoms with Crippen molar-refractivity contribution >= 4 is 27.2 Å². The molecule has 1 aliphatic rings. The van der Waals surface area contributed by atoms with Gasteiger partial charge in [0.2, 0.25) is 0 Å². The van der Waals surface area contributed by atoms with Crippen molar-refractivity contribution in [3.05, 3.63) is 29.8 Å². The van der Waals surface area contributed by atoms with Gasteiger partial charge in [-0.05, 0) is 38.8 Å². The molecule has 0 aliphatic carbocycles. The van der Waals surface area contributed by atoms with Gasteiger partial charge in [0.05, 0.1) is 4.90 Å². The van der Waals surface area contributed by atoms with Crippen LogP contribution in [0.1, 0.15) is 38.7 Å². The molecule has 0 aromatic heterocycles. The van der Waals surface area contributed by atoms with Gasteiger partial charge < -0.3 is 5.73 Å². The maximum absolute atomic E-state index is 12.5. The SMILES string of the molecule is CC1CCCC(C)N1NS(=O)(=O)c1cccc(C(N)=S)c1. The van der Waals surface area contributed by atoms with Gasteiger partial charge in [0.15, 0.2) is 0 Å². The van der Waals surface area contributed by atoms with E-state index in [1.54, 1.807) is 18.2 Å². The van der Waals surface area contributed by atoms with Crippen LogP contribution >= 0.6 is 12.2 Å². The molecule has 7 heteroatoms. The highest BCUT2D eigenvalue weighted by molar-refractivity contribution is 7.89. The smallest absolute Gasteiger partial charge is 0.253 e. The van der Waals surface area contributed by atoms with E-state index in [9.17, 15) is 8.42 Å². The first kappa shape index (κ1) is 16.4. The topological polar surface area (TPSA) is 75.4 Å². The molecule has 0 spiro atoms. The lowest BCUT2D eigenvalue weighted by Gasteiger charge is -2.38. The van der Waals surface area contributed by atoms with Crippen molar-refractivity contribution in [3.63, 3.8) is 0 Å². The van der Waals surface area contributed by atoms with Crippen LogP contribution in [-0.2, 0) is 10.0 Å². The van der Waals surface area contributed by atoms with Crippen LogP contribution in [0.3, 0.4) is 0 Å². The van der Waals surface area contributed by atoms with Crippen molar-refractivity contribution in [2.45, 2.75) is 50.1 Å². The Balaban J connectivity index is 2.25. The molecule has 1 aliphatic heterocycles. The number of nitrogens with zero attached hydrogens (tertiary/aromatic N) is 1. The Bertz CT molecular complexity index is 621. The highest BCUT2D eigenvalue weighted by Crippen LogP contribution is 2.22. The number of nitrogens with two attached hydrogens (primary N) is 1. The summed E-state index contributed by atoms with van der Waals surface area (Å²) in [5.41, 5.74) is 6.11. The van der Waals surface area contributed by atoms with Crippen LogP contribution in [0.15, 0.2) is 29.2 Å². The predicted octanol–water partition coefficient (Wildman–Crippen LogP) is 1.78. The molecule has 3 N–H and O–H groups in total. The number of rotatable bonds is 4. The maximum atomic E-state index is 12.5. The van der Waals surface area contributed by atoms with E-state index in [0.29, 0.717) is 5.56 Å². The second-order valence-electron chi connectivity index (χ2n) is 5.52. The summed E-state index contributed by atoms with van der Waals surface area (Å²) in [6, 6.07) is 6.76. The zero-order valence-corrected chi connectivity index (χ0v) is 13.9. The fourth-order valence-corrected chi connectivity index (χ4v) is 4.02. The van der Waals surface area contributed by atoms with Gasteiger partial charge in [0, 0.05) is 17.6 Å². The van der Waals surface area contributed by atoms with Crippen LogP contribution in [0.25, 0.3) is 0 Å². The zero-order chi connectivity index (χ0) is 15.6. The van der Waals surface area contributed by atoms with Crippen LogP contribution in [-0.4, -0.2) is 30.5 Å². The lowest BCUT2D eigenvalue weighted by atomic mass is 10.0. The third-order valence-corrected chi connectivity index (χ3v) is 5.41. The molecule has 2 atom stereocenters. The summed E-state index contributed by atoms with van der Waals surface area (Å²) < 4.78 is 25.1. The second kappa shape index (κ2) is 6.39. The van der Waals surface area contributed by atoms with E-state index in [-0.39, 0.29) is 22.0 Å². The van der Waals surface area contributed by atoms with Crippen LogP contribution in [0.4, 0.5) is 0 Å². The maximum Gasteiger partial charge on any atom is 0.253 e. The van der Waals surface area contributed by atoms with Gasteiger partial charge in [-0.1, -0.05) is 30.8 Å². The normalized spacial score (nSPS) is 23.9. The van der Waals surface area contributed by atoms with Crippen molar-refractivity contribution in [2.24, 2.45) is 5.73 Å². The van der Waals surface area contributed by atoms with Crippen LogP contribution < -0.4 is 10.6 Å². The lowest BCUT2D eigenvalue weighted by molar-refractivity contribution is 0.0790. The quantitative estimate of drug-likeness (QED) is 0.825. The van der Waals surface area contributed by atoms with Gasteiger partial charge in [-0.3, -0.25) is 0 Å². The Hall–Kier alpha value is -1.02. The average molecular weight is 327 g/mol. The monoisotopic (exact) mass is 327 g/mol. The highest BCUT2D eigenvalue weighted by Gasteiger charge is 2.29. The molecule has 1 aromatic carbocycles. The molecule has 1 saturated heterocycles. The van der Waals surface area contributed by atoms with E-state index in [0.717, 1.165) is 19.3 Å². The van der Waals surface area contributed by atoms with E-state index in [1.165, 1.54) is 6.07 Å². The third kappa shape index (κ3) is 3.79. The first-order chi connectivity index (χ1) is 9.81. The first-order valence-electron chi connectivity index (χ1n) is 7.02. The van der Waals surface area contributed by atoms with E-state index in [4.69, 9.17) is 18.0 Å². The molecule has 1 heterocycles. The molecule has 0 saturated carbocycles. The van der Waals surface area contributed by atoms with Crippen molar-refractivity contribution < 1.29 is 8.42 Å². The molecule has 1 aromatic rings. The van der Waals surface area contributed by atoms with Gasteiger partial charge in [0.25, 0.3) is 10.0 Å². The molecular formula is C14H21N3O2S2. The number of sulfonamides is 1. The minimum Gasteiger partial charge on any atom is -0.389 e. The number of nitrogens with one attached hydrogen (secondary N) is 1. The number of hydrogen-bond donors (Lipinski definition) is 2. The molecule has 0 amide bonds. The van der Waals surface area contributed by atoms with Gasteiger partial charge >= 0.3 is 0 Å². The summed E-state index contributed by atoms with van der Waals surface area (Å²) in [6.07, 6.45) is 3.09. The van der Waals surface area contributed by atoms with Gasteiger partial charge in [-0.25, -0.2) is 13.4 Å².